The number of fused-ring (bicyclic) bond motifs is 1. The maximum atomic E-state index is 14.4. The number of phenols is 1. The first-order valence-electron chi connectivity index (χ1n) is 16.4. The van der Waals surface area contributed by atoms with Crippen LogP contribution in [0.5, 0.6) is 11.5 Å². The molecule has 0 radical (unpaired) electrons. The minimum absolute atomic E-state index is 0.122. The Morgan fingerprint density at radius 3 is 2.62 bits per heavy atom. The van der Waals surface area contributed by atoms with Gasteiger partial charge in [0.1, 0.15) is 18.1 Å². The SMILES string of the molecule is COCCCN1CCOc2ccc(CO[C@H]3CN(S(=O)(=O)c4ccc(C)cc4)[C@@H](CC(C)c4nnn[nH]4)C[C@@H]3c3ccc(O)cc3)cc21. The zero-order valence-corrected chi connectivity index (χ0v) is 28.5. The van der Waals surface area contributed by atoms with Crippen LogP contribution in [0.3, 0.4) is 0 Å². The molecule has 3 heterocycles. The van der Waals surface area contributed by atoms with Crippen molar-refractivity contribution in [3.63, 3.8) is 0 Å². The van der Waals surface area contributed by atoms with Gasteiger partial charge in [0.25, 0.3) is 0 Å². The first-order valence-corrected chi connectivity index (χ1v) is 17.9. The Morgan fingerprint density at radius 1 is 1.10 bits per heavy atom. The molecule has 0 saturated carbocycles. The highest BCUT2D eigenvalue weighted by Crippen LogP contribution is 2.41. The van der Waals surface area contributed by atoms with E-state index in [0.29, 0.717) is 38.5 Å². The molecule has 0 aliphatic carbocycles. The molecule has 48 heavy (non-hydrogen) atoms. The molecular weight excluding hydrogens is 632 g/mol. The van der Waals surface area contributed by atoms with Crippen molar-refractivity contribution in [1.29, 1.82) is 0 Å². The van der Waals surface area contributed by atoms with Gasteiger partial charge in [0.15, 0.2) is 5.82 Å². The van der Waals surface area contributed by atoms with Gasteiger partial charge in [-0.1, -0.05) is 42.8 Å². The summed E-state index contributed by atoms with van der Waals surface area (Å²) in [4.78, 5) is 2.56. The molecule has 12 nitrogen and oxygen atoms in total. The van der Waals surface area contributed by atoms with Gasteiger partial charge in [-0.05, 0) is 84.1 Å². The van der Waals surface area contributed by atoms with Crippen LogP contribution in [0.1, 0.15) is 60.5 Å². The number of hydrogen-bond acceptors (Lipinski definition) is 10. The van der Waals surface area contributed by atoms with E-state index in [4.69, 9.17) is 14.2 Å². The predicted molar refractivity (Wildman–Crippen MR) is 181 cm³/mol. The number of hydrogen-bond donors (Lipinski definition) is 2. The van der Waals surface area contributed by atoms with Gasteiger partial charge >= 0.3 is 0 Å². The largest absolute Gasteiger partial charge is 0.508 e. The van der Waals surface area contributed by atoms with E-state index in [2.05, 4.69) is 31.6 Å². The zero-order chi connectivity index (χ0) is 33.7. The summed E-state index contributed by atoms with van der Waals surface area (Å²) < 4.78 is 48.2. The molecule has 1 unspecified atom stereocenters. The van der Waals surface area contributed by atoms with E-state index in [-0.39, 0.29) is 35.1 Å². The molecule has 6 rings (SSSR count). The number of anilines is 1. The monoisotopic (exact) mass is 676 g/mol. The van der Waals surface area contributed by atoms with Crippen LogP contribution < -0.4 is 9.64 Å². The van der Waals surface area contributed by atoms with E-state index < -0.39 is 16.1 Å². The normalized spacial score (nSPS) is 20.6. The first kappa shape index (κ1) is 33.8. The number of methoxy groups -OCH3 is 1. The van der Waals surface area contributed by atoms with Gasteiger partial charge in [0, 0.05) is 44.7 Å². The highest BCUT2D eigenvalue weighted by molar-refractivity contribution is 7.89. The fourth-order valence-electron chi connectivity index (χ4n) is 6.75. The average Bonchev–Trinajstić information content (AvgIpc) is 3.64. The van der Waals surface area contributed by atoms with Gasteiger partial charge in [0.2, 0.25) is 10.0 Å². The number of nitrogens with one attached hydrogen (secondary N) is 1. The second-order valence-corrected chi connectivity index (χ2v) is 14.6. The third-order valence-electron chi connectivity index (χ3n) is 9.37. The summed E-state index contributed by atoms with van der Waals surface area (Å²) in [6.45, 7) is 7.35. The summed E-state index contributed by atoms with van der Waals surface area (Å²) in [7, 11) is -2.17. The van der Waals surface area contributed by atoms with Crippen LogP contribution in [-0.4, -0.2) is 90.6 Å². The van der Waals surface area contributed by atoms with Crippen molar-refractivity contribution < 1.29 is 27.7 Å². The quantitative estimate of drug-likeness (QED) is 0.190. The van der Waals surface area contributed by atoms with Crippen molar-refractivity contribution in [2.45, 2.75) is 68.6 Å². The fraction of sp³-hybridized carbons (Fsp3) is 0.457. The van der Waals surface area contributed by atoms with Gasteiger partial charge in [-0.25, -0.2) is 13.5 Å². The molecule has 2 aliphatic heterocycles. The summed E-state index contributed by atoms with van der Waals surface area (Å²) in [5.74, 6) is 1.37. The number of sulfonamides is 1. The van der Waals surface area contributed by atoms with E-state index >= 15 is 0 Å². The Balaban J connectivity index is 1.30. The minimum Gasteiger partial charge on any atom is -0.508 e. The third-order valence-corrected chi connectivity index (χ3v) is 11.3. The number of nitrogens with zero attached hydrogens (tertiary/aromatic N) is 5. The first-order chi connectivity index (χ1) is 23.2. The van der Waals surface area contributed by atoms with Crippen LogP contribution in [0.25, 0.3) is 0 Å². The van der Waals surface area contributed by atoms with E-state index in [1.165, 1.54) is 0 Å². The number of aromatic hydroxyl groups is 1. The molecular formula is C35H44N6O6S. The number of aromatic nitrogens is 4. The molecule has 4 aromatic rings. The van der Waals surface area contributed by atoms with Gasteiger partial charge in [0.05, 0.1) is 29.8 Å². The Hall–Kier alpha value is -4.04. The Bertz CT molecular complexity index is 1740. The van der Waals surface area contributed by atoms with E-state index in [1.54, 1.807) is 35.7 Å². The van der Waals surface area contributed by atoms with Crippen LogP contribution in [0.4, 0.5) is 5.69 Å². The molecule has 1 aromatic heterocycles. The lowest BCUT2D eigenvalue weighted by Crippen LogP contribution is -2.52. The number of H-pyrrole nitrogens is 1. The van der Waals surface area contributed by atoms with E-state index in [1.807, 2.05) is 50.2 Å². The number of aromatic amines is 1. The van der Waals surface area contributed by atoms with Crippen molar-refractivity contribution >= 4 is 15.7 Å². The van der Waals surface area contributed by atoms with Gasteiger partial charge in [-0.15, -0.1) is 5.10 Å². The van der Waals surface area contributed by atoms with Crippen molar-refractivity contribution in [1.82, 2.24) is 24.9 Å². The van der Waals surface area contributed by atoms with Crippen LogP contribution in [0, 0.1) is 6.92 Å². The lowest BCUT2D eigenvalue weighted by molar-refractivity contribution is -0.0215. The maximum Gasteiger partial charge on any atom is 0.243 e. The number of ether oxygens (including phenoxy) is 3. The van der Waals surface area contributed by atoms with Crippen LogP contribution in [0.15, 0.2) is 71.6 Å². The standard InChI is InChI=1S/C35H44N6O6S/c1-24-5-12-30(13-6-24)48(43,44)41-22-34(47-23-26-7-14-33-32(20-26)40(16-18-46-33)15-4-17-45-3)31(27-8-10-29(42)11-9-27)21-28(41)19-25(2)35-36-38-39-37-35/h5-14,20,25,28,31,34,42H,4,15-19,21-23H2,1-3H3,(H,36,37,38,39)/t25?,28-,31+,34-/m0/s1. The lowest BCUT2D eigenvalue weighted by Gasteiger charge is -2.44. The molecule has 0 amide bonds. The van der Waals surface area contributed by atoms with Crippen LogP contribution >= 0.6 is 0 Å². The summed E-state index contributed by atoms with van der Waals surface area (Å²) in [6.07, 6.45) is 1.47. The molecule has 3 aromatic carbocycles. The molecule has 2 aliphatic rings. The highest BCUT2D eigenvalue weighted by Gasteiger charge is 2.43. The topological polar surface area (TPSA) is 143 Å². The number of tetrazole rings is 1. The van der Waals surface area contributed by atoms with Crippen molar-refractivity contribution in [3.05, 3.63) is 89.2 Å². The number of benzene rings is 3. The van der Waals surface area contributed by atoms with Crippen molar-refractivity contribution in [2.24, 2.45) is 0 Å². The molecule has 1 fully saturated rings. The fourth-order valence-corrected chi connectivity index (χ4v) is 8.41. The van der Waals surface area contributed by atoms with Gasteiger partial charge < -0.3 is 24.2 Å². The van der Waals surface area contributed by atoms with E-state index in [0.717, 1.165) is 47.6 Å². The zero-order valence-electron chi connectivity index (χ0n) is 27.7. The Morgan fingerprint density at radius 2 is 1.90 bits per heavy atom. The van der Waals surface area contributed by atoms with Crippen LogP contribution in [0.2, 0.25) is 0 Å². The van der Waals surface area contributed by atoms with E-state index in [9.17, 15) is 13.5 Å². The van der Waals surface area contributed by atoms with Crippen molar-refractivity contribution in [3.8, 4) is 11.5 Å². The third kappa shape index (κ3) is 7.64. The van der Waals surface area contributed by atoms with Crippen LogP contribution in [-0.2, 0) is 26.1 Å². The second-order valence-electron chi connectivity index (χ2n) is 12.7. The summed E-state index contributed by atoms with van der Waals surface area (Å²) in [5.41, 5.74) is 3.96. The van der Waals surface area contributed by atoms with Gasteiger partial charge in [-0.3, -0.25) is 0 Å². The molecule has 0 spiro atoms. The summed E-state index contributed by atoms with van der Waals surface area (Å²) in [6, 6.07) is 19.8. The minimum atomic E-state index is -3.88. The molecule has 0 bridgehead atoms. The van der Waals surface area contributed by atoms with Crippen molar-refractivity contribution in [2.75, 3.05) is 44.9 Å². The molecule has 13 heteroatoms. The maximum absolute atomic E-state index is 14.4. The Labute approximate surface area is 282 Å². The van der Waals surface area contributed by atoms with Gasteiger partial charge in [-0.2, -0.15) is 4.31 Å². The number of phenolic OH excluding ortho intramolecular Hbond substituents is 1. The average molecular weight is 677 g/mol. The summed E-state index contributed by atoms with van der Waals surface area (Å²) >= 11 is 0. The molecule has 256 valence electrons. The smallest absolute Gasteiger partial charge is 0.243 e. The summed E-state index contributed by atoms with van der Waals surface area (Å²) in [5, 5.41) is 24.5. The predicted octanol–water partition coefficient (Wildman–Crippen LogP) is 4.78. The number of piperidine rings is 1. The molecule has 1 saturated heterocycles. The second kappa shape index (κ2) is 15.0. The molecule has 2 N–H and O–H groups in total. The Kier molecular flexibility index (Phi) is 10.6. The number of rotatable bonds is 13. The lowest BCUT2D eigenvalue weighted by atomic mass is 9.81. The number of aryl methyl sites for hydroxylation is 1. The highest BCUT2D eigenvalue weighted by atomic mass is 32.2. The molecule has 4 atom stereocenters.